The standard InChI is InChI=1S/C14H22O3S/c1-14(2,3)18-9-10(15)13-11(16-4)7-6-8-12(13)17-5/h6-8,10,15H,9H2,1-5H3. The van der Waals surface area contributed by atoms with Gasteiger partial charge in [0, 0.05) is 10.5 Å². The number of ether oxygens (including phenoxy) is 2. The molecule has 18 heavy (non-hydrogen) atoms. The van der Waals surface area contributed by atoms with Crippen LogP contribution in [0.3, 0.4) is 0 Å². The van der Waals surface area contributed by atoms with Crippen LogP contribution in [0.15, 0.2) is 18.2 Å². The molecular weight excluding hydrogens is 248 g/mol. The van der Waals surface area contributed by atoms with E-state index in [4.69, 9.17) is 9.47 Å². The monoisotopic (exact) mass is 270 g/mol. The lowest BCUT2D eigenvalue weighted by atomic mass is 10.1. The Bertz CT molecular complexity index is 363. The van der Waals surface area contributed by atoms with Crippen molar-refractivity contribution in [3.63, 3.8) is 0 Å². The Morgan fingerprint density at radius 2 is 1.67 bits per heavy atom. The number of benzene rings is 1. The fraction of sp³-hybridized carbons (Fsp3) is 0.571. The lowest BCUT2D eigenvalue weighted by molar-refractivity contribution is 0.193. The first-order valence-corrected chi connectivity index (χ1v) is 6.90. The van der Waals surface area contributed by atoms with Crippen LogP contribution in [0.25, 0.3) is 0 Å². The maximum Gasteiger partial charge on any atom is 0.128 e. The summed E-state index contributed by atoms with van der Waals surface area (Å²) in [5.41, 5.74) is 0.722. The zero-order valence-electron chi connectivity index (χ0n) is 11.7. The summed E-state index contributed by atoms with van der Waals surface area (Å²) in [6.07, 6.45) is -0.597. The Kier molecular flexibility index (Phi) is 5.35. The molecule has 0 aromatic heterocycles. The van der Waals surface area contributed by atoms with Crippen LogP contribution in [-0.4, -0.2) is 29.8 Å². The van der Waals surface area contributed by atoms with Gasteiger partial charge in [-0.2, -0.15) is 11.8 Å². The van der Waals surface area contributed by atoms with E-state index in [-0.39, 0.29) is 4.75 Å². The number of hydrogen-bond donors (Lipinski definition) is 1. The maximum absolute atomic E-state index is 10.3. The molecular formula is C14H22O3S. The number of hydrogen-bond acceptors (Lipinski definition) is 4. The second-order valence-electron chi connectivity index (χ2n) is 5.02. The minimum Gasteiger partial charge on any atom is -0.496 e. The van der Waals surface area contributed by atoms with Crippen molar-refractivity contribution >= 4 is 11.8 Å². The van der Waals surface area contributed by atoms with Gasteiger partial charge in [0.05, 0.1) is 25.9 Å². The number of thioether (sulfide) groups is 1. The molecule has 102 valence electrons. The van der Waals surface area contributed by atoms with E-state index in [1.807, 2.05) is 18.2 Å². The van der Waals surface area contributed by atoms with Gasteiger partial charge in [0.25, 0.3) is 0 Å². The van der Waals surface area contributed by atoms with Crippen molar-refractivity contribution in [2.75, 3.05) is 20.0 Å². The number of methoxy groups -OCH3 is 2. The predicted molar refractivity (Wildman–Crippen MR) is 76.7 cm³/mol. The van der Waals surface area contributed by atoms with Gasteiger partial charge < -0.3 is 14.6 Å². The summed E-state index contributed by atoms with van der Waals surface area (Å²) < 4.78 is 10.7. The Balaban J connectivity index is 2.92. The molecule has 1 atom stereocenters. The molecule has 0 saturated carbocycles. The van der Waals surface area contributed by atoms with Gasteiger partial charge in [-0.15, -0.1) is 0 Å². The van der Waals surface area contributed by atoms with E-state index < -0.39 is 6.10 Å². The van der Waals surface area contributed by atoms with Crippen molar-refractivity contribution in [1.29, 1.82) is 0 Å². The zero-order chi connectivity index (χ0) is 13.8. The quantitative estimate of drug-likeness (QED) is 0.891. The number of aliphatic hydroxyl groups is 1. The van der Waals surface area contributed by atoms with E-state index in [0.29, 0.717) is 17.3 Å². The molecule has 0 heterocycles. The van der Waals surface area contributed by atoms with Crippen molar-refractivity contribution in [3.05, 3.63) is 23.8 Å². The van der Waals surface area contributed by atoms with E-state index in [1.165, 1.54) is 0 Å². The topological polar surface area (TPSA) is 38.7 Å². The third-order valence-corrected chi connectivity index (χ3v) is 3.82. The van der Waals surface area contributed by atoms with E-state index in [1.54, 1.807) is 26.0 Å². The Morgan fingerprint density at radius 1 is 1.17 bits per heavy atom. The zero-order valence-corrected chi connectivity index (χ0v) is 12.5. The molecule has 0 aliphatic carbocycles. The third kappa shape index (κ3) is 4.10. The van der Waals surface area contributed by atoms with Gasteiger partial charge in [0.1, 0.15) is 11.5 Å². The molecule has 0 aliphatic rings. The molecule has 1 aromatic carbocycles. The van der Waals surface area contributed by atoms with E-state index in [0.717, 1.165) is 5.56 Å². The van der Waals surface area contributed by atoms with Crippen LogP contribution in [-0.2, 0) is 0 Å². The van der Waals surface area contributed by atoms with Crippen LogP contribution in [0, 0.1) is 0 Å². The van der Waals surface area contributed by atoms with E-state index in [2.05, 4.69) is 20.8 Å². The van der Waals surface area contributed by atoms with Crippen LogP contribution in [0.4, 0.5) is 0 Å². The average molecular weight is 270 g/mol. The van der Waals surface area contributed by atoms with Crippen LogP contribution >= 0.6 is 11.8 Å². The van der Waals surface area contributed by atoms with Gasteiger partial charge in [-0.1, -0.05) is 26.8 Å². The summed E-state index contributed by atoms with van der Waals surface area (Å²) in [6, 6.07) is 5.52. The molecule has 3 nitrogen and oxygen atoms in total. The van der Waals surface area contributed by atoms with Gasteiger partial charge in [0.2, 0.25) is 0 Å². The lowest BCUT2D eigenvalue weighted by Gasteiger charge is -2.22. The maximum atomic E-state index is 10.3. The summed E-state index contributed by atoms with van der Waals surface area (Å²) in [6.45, 7) is 6.39. The highest BCUT2D eigenvalue weighted by Gasteiger charge is 2.21. The van der Waals surface area contributed by atoms with Crippen LogP contribution in [0.1, 0.15) is 32.4 Å². The summed E-state index contributed by atoms with van der Waals surface area (Å²) in [7, 11) is 3.20. The molecule has 1 N–H and O–H groups in total. The molecule has 0 spiro atoms. The second kappa shape index (κ2) is 6.34. The first-order chi connectivity index (χ1) is 8.39. The average Bonchev–Trinajstić information content (AvgIpc) is 2.33. The van der Waals surface area contributed by atoms with Crippen LogP contribution in [0.5, 0.6) is 11.5 Å². The van der Waals surface area contributed by atoms with Gasteiger partial charge in [-0.3, -0.25) is 0 Å². The van der Waals surface area contributed by atoms with Crippen molar-refractivity contribution in [3.8, 4) is 11.5 Å². The van der Waals surface area contributed by atoms with Crippen molar-refractivity contribution in [2.24, 2.45) is 0 Å². The highest BCUT2D eigenvalue weighted by Crippen LogP contribution is 2.37. The Morgan fingerprint density at radius 3 is 2.06 bits per heavy atom. The highest BCUT2D eigenvalue weighted by atomic mass is 32.2. The first-order valence-electron chi connectivity index (χ1n) is 5.92. The second-order valence-corrected chi connectivity index (χ2v) is 6.86. The van der Waals surface area contributed by atoms with Crippen LogP contribution < -0.4 is 9.47 Å². The lowest BCUT2D eigenvalue weighted by Crippen LogP contribution is -2.13. The SMILES string of the molecule is COc1cccc(OC)c1C(O)CSC(C)(C)C. The van der Waals surface area contributed by atoms with Gasteiger partial charge in [-0.25, -0.2) is 0 Å². The normalized spacial score (nSPS) is 13.2. The smallest absolute Gasteiger partial charge is 0.128 e. The summed E-state index contributed by atoms with van der Waals surface area (Å²) in [5.74, 6) is 1.94. The van der Waals surface area contributed by atoms with Crippen molar-refractivity contribution < 1.29 is 14.6 Å². The molecule has 0 amide bonds. The minimum absolute atomic E-state index is 0.121. The van der Waals surface area contributed by atoms with Gasteiger partial charge in [-0.05, 0) is 12.1 Å². The molecule has 1 aromatic rings. The Labute approximate surface area is 113 Å². The van der Waals surface area contributed by atoms with Crippen molar-refractivity contribution in [1.82, 2.24) is 0 Å². The predicted octanol–water partition coefficient (Wildman–Crippen LogP) is 3.27. The first kappa shape index (κ1) is 15.2. The fourth-order valence-corrected chi connectivity index (χ4v) is 2.45. The van der Waals surface area contributed by atoms with E-state index in [9.17, 15) is 5.11 Å². The van der Waals surface area contributed by atoms with E-state index >= 15 is 0 Å². The third-order valence-electron chi connectivity index (χ3n) is 2.47. The van der Waals surface area contributed by atoms with Crippen molar-refractivity contribution in [2.45, 2.75) is 31.6 Å². The molecule has 0 bridgehead atoms. The van der Waals surface area contributed by atoms with Gasteiger partial charge >= 0.3 is 0 Å². The van der Waals surface area contributed by atoms with Gasteiger partial charge in [0.15, 0.2) is 0 Å². The number of rotatable bonds is 5. The summed E-state index contributed by atoms with van der Waals surface area (Å²) in [5, 5.41) is 10.3. The molecule has 4 heteroatoms. The molecule has 0 saturated heterocycles. The Hall–Kier alpha value is -0.870. The largest absolute Gasteiger partial charge is 0.496 e. The molecule has 0 fully saturated rings. The highest BCUT2D eigenvalue weighted by molar-refractivity contribution is 8.00. The van der Waals surface area contributed by atoms with Crippen LogP contribution in [0.2, 0.25) is 0 Å². The number of aliphatic hydroxyl groups excluding tert-OH is 1. The summed E-state index contributed by atoms with van der Waals surface area (Å²) in [4.78, 5) is 0. The minimum atomic E-state index is -0.597. The molecule has 0 aliphatic heterocycles. The molecule has 0 radical (unpaired) electrons. The molecule has 1 rings (SSSR count). The summed E-state index contributed by atoms with van der Waals surface area (Å²) >= 11 is 1.71. The molecule has 1 unspecified atom stereocenters. The fourth-order valence-electron chi connectivity index (χ4n) is 1.62.